The van der Waals surface area contributed by atoms with Gasteiger partial charge in [-0.15, -0.1) is 11.3 Å². The van der Waals surface area contributed by atoms with Crippen LogP contribution >= 0.6 is 11.3 Å². The van der Waals surface area contributed by atoms with Gasteiger partial charge in [0.2, 0.25) is 5.91 Å². The van der Waals surface area contributed by atoms with Gasteiger partial charge < -0.3 is 4.90 Å². The molecule has 0 aliphatic carbocycles. The van der Waals surface area contributed by atoms with E-state index in [0.29, 0.717) is 6.54 Å². The summed E-state index contributed by atoms with van der Waals surface area (Å²) < 4.78 is 11.5. The van der Waals surface area contributed by atoms with E-state index >= 15 is 0 Å². The smallest absolute Gasteiger partial charge is 0.241 e. The molecule has 6 heteroatoms. The van der Waals surface area contributed by atoms with Gasteiger partial charge in [-0.05, 0) is 32.9 Å². The summed E-state index contributed by atoms with van der Waals surface area (Å²) >= 11 is 1.70. The van der Waals surface area contributed by atoms with Crippen molar-refractivity contribution in [1.29, 1.82) is 0 Å². The van der Waals surface area contributed by atoms with Crippen LogP contribution in [0.25, 0.3) is 0 Å². The maximum Gasteiger partial charge on any atom is 0.241 e. The van der Waals surface area contributed by atoms with E-state index in [1.54, 1.807) is 17.6 Å². The van der Waals surface area contributed by atoms with Gasteiger partial charge in [-0.2, -0.15) is 0 Å². The van der Waals surface area contributed by atoms with Crippen LogP contribution in [0.2, 0.25) is 0 Å². The number of rotatable bonds is 4. The molecule has 2 heterocycles. The van der Waals surface area contributed by atoms with E-state index in [1.165, 1.54) is 4.88 Å². The Hall–Kier alpha value is -0.720. The third kappa shape index (κ3) is 3.07. The number of thiophene rings is 1. The largest absolute Gasteiger partial charge is 0.320 e. The SMILES string of the molecule is Cc1ccc(C2NC(C)C(=O)N2CC(C)S(C)=O)s1. The second kappa shape index (κ2) is 5.73. The van der Waals surface area contributed by atoms with Crippen LogP contribution in [0, 0.1) is 6.92 Å². The van der Waals surface area contributed by atoms with Crippen molar-refractivity contribution < 1.29 is 9.00 Å². The Morgan fingerprint density at radius 3 is 2.74 bits per heavy atom. The Kier molecular flexibility index (Phi) is 4.43. The van der Waals surface area contributed by atoms with Gasteiger partial charge >= 0.3 is 0 Å². The number of carbonyl (C=O) groups excluding carboxylic acids is 1. The lowest BCUT2D eigenvalue weighted by atomic mass is 10.3. The minimum atomic E-state index is -0.917. The van der Waals surface area contributed by atoms with E-state index in [1.807, 2.05) is 18.7 Å². The number of hydrogen-bond donors (Lipinski definition) is 1. The maximum atomic E-state index is 12.2. The van der Waals surface area contributed by atoms with Crippen molar-refractivity contribution in [1.82, 2.24) is 10.2 Å². The van der Waals surface area contributed by atoms with E-state index in [9.17, 15) is 9.00 Å². The summed E-state index contributed by atoms with van der Waals surface area (Å²) in [6.45, 7) is 6.38. The van der Waals surface area contributed by atoms with Gasteiger partial charge in [-0.25, -0.2) is 0 Å². The first-order chi connectivity index (χ1) is 8.90. The zero-order valence-electron chi connectivity index (χ0n) is 11.7. The monoisotopic (exact) mass is 300 g/mol. The molecule has 1 saturated heterocycles. The Morgan fingerprint density at radius 2 is 2.21 bits per heavy atom. The summed E-state index contributed by atoms with van der Waals surface area (Å²) in [4.78, 5) is 16.4. The summed E-state index contributed by atoms with van der Waals surface area (Å²) in [6.07, 6.45) is 1.61. The maximum absolute atomic E-state index is 12.2. The first-order valence-electron chi connectivity index (χ1n) is 6.35. The average Bonchev–Trinajstić information content (AvgIpc) is 2.88. The van der Waals surface area contributed by atoms with Crippen LogP contribution in [0.5, 0.6) is 0 Å². The quantitative estimate of drug-likeness (QED) is 0.920. The molecule has 0 radical (unpaired) electrons. The lowest BCUT2D eigenvalue weighted by Gasteiger charge is -2.25. The Bertz CT molecular complexity index is 501. The predicted molar refractivity (Wildman–Crippen MR) is 79.6 cm³/mol. The highest BCUT2D eigenvalue weighted by molar-refractivity contribution is 7.84. The third-order valence-electron chi connectivity index (χ3n) is 3.42. The van der Waals surface area contributed by atoms with Gasteiger partial charge in [0.15, 0.2) is 0 Å². The summed E-state index contributed by atoms with van der Waals surface area (Å²) in [6, 6.07) is 3.95. The summed E-state index contributed by atoms with van der Waals surface area (Å²) in [5.74, 6) is 0.0911. The molecule has 4 nitrogen and oxygen atoms in total. The molecule has 106 valence electrons. The number of carbonyl (C=O) groups is 1. The molecule has 1 aliphatic rings. The fourth-order valence-corrected chi connectivity index (χ4v) is 3.51. The fourth-order valence-electron chi connectivity index (χ4n) is 2.19. The Balaban J connectivity index is 2.21. The van der Waals surface area contributed by atoms with E-state index in [4.69, 9.17) is 0 Å². The van der Waals surface area contributed by atoms with Crippen LogP contribution < -0.4 is 5.32 Å². The summed E-state index contributed by atoms with van der Waals surface area (Å²) in [7, 11) is -0.917. The van der Waals surface area contributed by atoms with Crippen LogP contribution in [0.3, 0.4) is 0 Å². The molecule has 0 spiro atoms. The minimum Gasteiger partial charge on any atom is -0.320 e. The highest BCUT2D eigenvalue weighted by Gasteiger charge is 2.38. The zero-order chi connectivity index (χ0) is 14.2. The van der Waals surface area contributed by atoms with Gasteiger partial charge in [-0.3, -0.25) is 14.3 Å². The van der Waals surface area contributed by atoms with Crippen molar-refractivity contribution in [3.8, 4) is 0 Å². The number of nitrogens with one attached hydrogen (secondary N) is 1. The van der Waals surface area contributed by atoms with Crippen LogP contribution in [0.4, 0.5) is 0 Å². The lowest BCUT2D eigenvalue weighted by molar-refractivity contribution is -0.129. The molecule has 0 saturated carbocycles. The van der Waals surface area contributed by atoms with Gasteiger partial charge in [0, 0.05) is 38.6 Å². The Labute approximate surface area is 120 Å². The molecule has 0 bridgehead atoms. The third-order valence-corrected chi connectivity index (χ3v) is 5.76. The van der Waals surface area contributed by atoms with Gasteiger partial charge in [0.05, 0.1) is 6.04 Å². The molecule has 2 rings (SSSR count). The van der Waals surface area contributed by atoms with Gasteiger partial charge in [0.25, 0.3) is 0 Å². The lowest BCUT2D eigenvalue weighted by Crippen LogP contribution is -2.37. The highest BCUT2D eigenvalue weighted by atomic mass is 32.2. The molecule has 1 aromatic heterocycles. The molecular weight excluding hydrogens is 280 g/mol. The molecule has 1 aliphatic heterocycles. The van der Waals surface area contributed by atoms with Crippen molar-refractivity contribution in [3.05, 3.63) is 21.9 Å². The molecule has 1 amide bonds. The highest BCUT2D eigenvalue weighted by Crippen LogP contribution is 2.30. The first-order valence-corrected chi connectivity index (χ1v) is 8.79. The second-order valence-corrected chi connectivity index (χ2v) is 8.16. The average molecular weight is 300 g/mol. The summed E-state index contributed by atoms with van der Waals surface area (Å²) in [5, 5.41) is 3.30. The van der Waals surface area contributed by atoms with Crippen LogP contribution in [-0.4, -0.2) is 39.1 Å². The van der Waals surface area contributed by atoms with Crippen LogP contribution in [0.15, 0.2) is 12.1 Å². The van der Waals surface area contributed by atoms with Crippen molar-refractivity contribution in [2.45, 2.75) is 38.2 Å². The fraction of sp³-hybridized carbons (Fsp3) is 0.615. The van der Waals surface area contributed by atoms with E-state index < -0.39 is 10.8 Å². The minimum absolute atomic E-state index is 0.0143. The van der Waals surface area contributed by atoms with Gasteiger partial charge in [0.1, 0.15) is 6.17 Å². The topological polar surface area (TPSA) is 49.4 Å². The standard InChI is InChI=1S/C13H20N2O2S2/c1-8-5-6-11(18-8)12-14-10(3)13(16)15(12)7-9(2)19(4)17/h5-6,9-10,12,14H,7H2,1-4H3. The van der Waals surface area contributed by atoms with E-state index in [2.05, 4.69) is 24.4 Å². The molecule has 4 unspecified atom stereocenters. The first kappa shape index (κ1) is 14.7. The molecule has 4 atom stereocenters. The van der Waals surface area contributed by atoms with Crippen molar-refractivity contribution >= 4 is 28.0 Å². The van der Waals surface area contributed by atoms with E-state index in [-0.39, 0.29) is 23.4 Å². The molecule has 19 heavy (non-hydrogen) atoms. The molecule has 1 fully saturated rings. The predicted octanol–water partition coefficient (Wildman–Crippen LogP) is 1.64. The van der Waals surface area contributed by atoms with Crippen molar-refractivity contribution in [3.63, 3.8) is 0 Å². The van der Waals surface area contributed by atoms with Crippen molar-refractivity contribution in [2.75, 3.05) is 12.8 Å². The number of aryl methyl sites for hydroxylation is 1. The second-order valence-electron chi connectivity index (χ2n) is 5.04. The van der Waals surface area contributed by atoms with Gasteiger partial charge in [-0.1, -0.05) is 0 Å². The van der Waals surface area contributed by atoms with Crippen LogP contribution in [-0.2, 0) is 15.6 Å². The molecule has 1 aromatic rings. The Morgan fingerprint density at radius 1 is 1.53 bits per heavy atom. The molecule has 0 aromatic carbocycles. The molecular formula is C13H20N2O2S2. The summed E-state index contributed by atoms with van der Waals surface area (Å²) in [5.41, 5.74) is 0. The molecule has 1 N–H and O–H groups in total. The normalized spacial score (nSPS) is 26.7. The van der Waals surface area contributed by atoms with E-state index in [0.717, 1.165) is 4.88 Å². The zero-order valence-corrected chi connectivity index (χ0v) is 13.3. The van der Waals surface area contributed by atoms with Crippen molar-refractivity contribution in [2.24, 2.45) is 0 Å². The van der Waals surface area contributed by atoms with Crippen LogP contribution in [0.1, 0.15) is 29.8 Å². The number of amides is 1. The number of hydrogen-bond acceptors (Lipinski definition) is 4. The number of nitrogens with zero attached hydrogens (tertiary/aromatic N) is 1.